The molecule has 1 aliphatic heterocycles. The maximum Gasteiger partial charge on any atom is 0.248 e. The summed E-state index contributed by atoms with van der Waals surface area (Å²) < 4.78 is 8.48. The van der Waals surface area contributed by atoms with Gasteiger partial charge in [-0.3, -0.25) is 9.48 Å². The number of anilines is 1. The fraction of sp³-hybridized carbons (Fsp3) is 0.360. The molecule has 3 N–H and O–H groups in total. The number of nitrogens with zero attached hydrogens (tertiary/aromatic N) is 3. The van der Waals surface area contributed by atoms with Gasteiger partial charge in [0.05, 0.1) is 12.2 Å². The predicted molar refractivity (Wildman–Crippen MR) is 123 cm³/mol. The van der Waals surface area contributed by atoms with Crippen LogP contribution in [-0.4, -0.2) is 33.1 Å². The van der Waals surface area contributed by atoms with Crippen molar-refractivity contribution in [1.82, 2.24) is 9.78 Å². The van der Waals surface area contributed by atoms with E-state index in [1.807, 2.05) is 21.8 Å². The van der Waals surface area contributed by atoms with Crippen LogP contribution in [0.5, 0.6) is 11.5 Å². The Balaban J connectivity index is 1.60. The van der Waals surface area contributed by atoms with Crippen molar-refractivity contribution < 1.29 is 14.6 Å². The average molecular weight is 433 g/mol. The number of aliphatic hydroxyl groups excluding tert-OH is 1. The number of hydrogen-bond donors (Lipinski definition) is 2. The fourth-order valence-electron chi connectivity index (χ4n) is 4.57. The number of nitrogens with two attached hydrogens (primary N) is 1. The third kappa shape index (κ3) is 3.73. The second-order valence-electron chi connectivity index (χ2n) is 8.80. The SMILES string of the molecule is CC(O)N1c2ccc(-c3cnn(C4CC4)c3)c(Oc3ccc(C(N)=O)cc3)c2CC[C@@H]1C. The van der Waals surface area contributed by atoms with Crippen molar-refractivity contribution in [1.29, 1.82) is 0 Å². The van der Waals surface area contributed by atoms with E-state index in [4.69, 9.17) is 10.5 Å². The van der Waals surface area contributed by atoms with Crippen LogP contribution in [0.3, 0.4) is 0 Å². The molecule has 2 aliphatic rings. The summed E-state index contributed by atoms with van der Waals surface area (Å²) >= 11 is 0. The Morgan fingerprint density at radius 3 is 2.59 bits per heavy atom. The number of aromatic nitrogens is 2. The summed E-state index contributed by atoms with van der Waals surface area (Å²) in [7, 11) is 0. The molecule has 0 spiro atoms. The van der Waals surface area contributed by atoms with Crippen LogP contribution < -0.4 is 15.4 Å². The lowest BCUT2D eigenvalue weighted by molar-refractivity contribution is 0.1000. The molecular formula is C25H28N4O3. The third-order valence-electron chi connectivity index (χ3n) is 6.40. The van der Waals surface area contributed by atoms with Gasteiger partial charge >= 0.3 is 0 Å². The van der Waals surface area contributed by atoms with Crippen molar-refractivity contribution >= 4 is 11.6 Å². The molecule has 2 atom stereocenters. The number of benzene rings is 2. The zero-order valence-electron chi connectivity index (χ0n) is 18.4. The molecule has 7 heteroatoms. The van der Waals surface area contributed by atoms with E-state index in [0.717, 1.165) is 41.0 Å². The van der Waals surface area contributed by atoms with Crippen molar-refractivity contribution in [3.8, 4) is 22.6 Å². The van der Waals surface area contributed by atoms with E-state index in [1.165, 1.54) is 12.8 Å². The summed E-state index contributed by atoms with van der Waals surface area (Å²) in [6.07, 6.45) is 7.47. The molecule has 2 heterocycles. The van der Waals surface area contributed by atoms with E-state index in [2.05, 4.69) is 24.3 Å². The first kappa shape index (κ1) is 20.6. The van der Waals surface area contributed by atoms with Crippen LogP contribution in [0.1, 0.15) is 55.1 Å². The number of amides is 1. The van der Waals surface area contributed by atoms with Crippen LogP contribution in [0.2, 0.25) is 0 Å². The number of aliphatic hydroxyl groups is 1. The smallest absolute Gasteiger partial charge is 0.248 e. The van der Waals surface area contributed by atoms with Crippen LogP contribution in [0, 0.1) is 0 Å². The van der Waals surface area contributed by atoms with Crippen LogP contribution >= 0.6 is 0 Å². The maximum atomic E-state index is 11.4. The molecule has 1 fully saturated rings. The predicted octanol–water partition coefficient (Wildman–Crippen LogP) is 4.26. The average Bonchev–Trinajstić information content (AvgIpc) is 3.51. The summed E-state index contributed by atoms with van der Waals surface area (Å²) in [6.45, 7) is 3.93. The van der Waals surface area contributed by atoms with Gasteiger partial charge in [0, 0.05) is 40.2 Å². The second kappa shape index (κ2) is 7.98. The van der Waals surface area contributed by atoms with E-state index in [1.54, 1.807) is 31.2 Å². The van der Waals surface area contributed by atoms with Gasteiger partial charge in [0.1, 0.15) is 17.7 Å². The maximum absolute atomic E-state index is 11.4. The monoisotopic (exact) mass is 432 g/mol. The number of carbonyl (C=O) groups excluding carboxylic acids is 1. The van der Waals surface area contributed by atoms with Crippen LogP contribution in [0.15, 0.2) is 48.8 Å². The van der Waals surface area contributed by atoms with Crippen molar-refractivity contribution in [3.05, 3.63) is 59.9 Å². The van der Waals surface area contributed by atoms with Crippen molar-refractivity contribution in [2.45, 2.75) is 57.8 Å². The molecule has 32 heavy (non-hydrogen) atoms. The molecule has 3 aromatic rings. The molecule has 0 radical (unpaired) electrons. The fourth-order valence-corrected chi connectivity index (χ4v) is 4.57. The number of hydrogen-bond acceptors (Lipinski definition) is 5. The molecule has 7 nitrogen and oxygen atoms in total. The van der Waals surface area contributed by atoms with Crippen molar-refractivity contribution in [3.63, 3.8) is 0 Å². The van der Waals surface area contributed by atoms with E-state index >= 15 is 0 Å². The zero-order valence-corrected chi connectivity index (χ0v) is 18.4. The van der Waals surface area contributed by atoms with E-state index in [0.29, 0.717) is 17.4 Å². The largest absolute Gasteiger partial charge is 0.456 e. The summed E-state index contributed by atoms with van der Waals surface area (Å²) in [5, 5.41) is 15.0. The lowest BCUT2D eigenvalue weighted by Crippen LogP contribution is -2.43. The van der Waals surface area contributed by atoms with Gasteiger partial charge in [-0.25, -0.2) is 0 Å². The molecule has 0 saturated heterocycles. The molecule has 1 saturated carbocycles. The Morgan fingerprint density at radius 2 is 1.94 bits per heavy atom. The Hall–Kier alpha value is -3.32. The minimum absolute atomic E-state index is 0.230. The van der Waals surface area contributed by atoms with Gasteiger partial charge in [0.2, 0.25) is 5.91 Å². The first-order valence-corrected chi connectivity index (χ1v) is 11.2. The normalized spacial score (nSPS) is 18.8. The number of primary amides is 1. The highest BCUT2D eigenvalue weighted by atomic mass is 16.5. The Kier molecular flexibility index (Phi) is 5.13. The molecule has 166 valence electrons. The van der Waals surface area contributed by atoms with E-state index < -0.39 is 12.1 Å². The third-order valence-corrected chi connectivity index (χ3v) is 6.40. The summed E-state index contributed by atoms with van der Waals surface area (Å²) in [5.41, 5.74) is 9.84. The van der Waals surface area contributed by atoms with E-state index in [9.17, 15) is 9.90 Å². The first-order chi connectivity index (χ1) is 15.4. The van der Waals surface area contributed by atoms with Crippen LogP contribution in [0.4, 0.5) is 5.69 Å². The topological polar surface area (TPSA) is 93.6 Å². The molecular weight excluding hydrogens is 404 g/mol. The van der Waals surface area contributed by atoms with Gasteiger partial charge in [-0.2, -0.15) is 5.10 Å². The van der Waals surface area contributed by atoms with Crippen LogP contribution in [0.25, 0.3) is 11.1 Å². The van der Waals surface area contributed by atoms with Crippen LogP contribution in [-0.2, 0) is 6.42 Å². The molecule has 5 rings (SSSR count). The highest BCUT2D eigenvalue weighted by Gasteiger charge is 2.31. The Labute approximate surface area is 187 Å². The van der Waals surface area contributed by atoms with E-state index in [-0.39, 0.29) is 6.04 Å². The number of carbonyl (C=O) groups is 1. The number of ether oxygens (including phenoxy) is 1. The lowest BCUT2D eigenvalue weighted by Gasteiger charge is -2.40. The van der Waals surface area contributed by atoms with Gasteiger partial charge in [0.15, 0.2) is 0 Å². The zero-order chi connectivity index (χ0) is 22.4. The second-order valence-corrected chi connectivity index (χ2v) is 8.80. The van der Waals surface area contributed by atoms with Gasteiger partial charge in [-0.15, -0.1) is 0 Å². The highest BCUT2D eigenvalue weighted by molar-refractivity contribution is 5.92. The quantitative estimate of drug-likeness (QED) is 0.607. The summed E-state index contributed by atoms with van der Waals surface area (Å²) in [6, 6.07) is 11.7. The van der Waals surface area contributed by atoms with Crippen molar-refractivity contribution in [2.75, 3.05) is 4.90 Å². The van der Waals surface area contributed by atoms with Gasteiger partial charge in [-0.05, 0) is 75.9 Å². The minimum Gasteiger partial charge on any atom is -0.456 e. The molecule has 1 aliphatic carbocycles. The first-order valence-electron chi connectivity index (χ1n) is 11.2. The number of rotatable bonds is 6. The molecule has 2 aromatic carbocycles. The van der Waals surface area contributed by atoms with Gasteiger partial charge < -0.3 is 20.5 Å². The molecule has 1 unspecified atom stereocenters. The van der Waals surface area contributed by atoms with Gasteiger partial charge in [0.25, 0.3) is 0 Å². The highest BCUT2D eigenvalue weighted by Crippen LogP contribution is 2.45. The minimum atomic E-state index is -0.602. The lowest BCUT2D eigenvalue weighted by atomic mass is 9.92. The molecule has 0 bridgehead atoms. The molecule has 1 aromatic heterocycles. The Morgan fingerprint density at radius 1 is 1.19 bits per heavy atom. The van der Waals surface area contributed by atoms with Gasteiger partial charge in [-0.1, -0.05) is 0 Å². The summed E-state index contributed by atoms with van der Waals surface area (Å²) in [5.74, 6) is 0.923. The summed E-state index contributed by atoms with van der Waals surface area (Å²) in [4.78, 5) is 13.5. The standard InChI is InChI=1S/C25H28N4O3/c1-15-3-10-22-23(29(15)16(2)30)12-11-21(18-13-27-28(14-18)19-6-7-19)24(22)32-20-8-4-17(5-9-20)25(26)31/h4-5,8-9,11-16,19,30H,3,6-7,10H2,1-2H3,(H2,26,31)/t15-,16?/m0/s1. The molecule has 1 amide bonds. The number of fused-ring (bicyclic) bond motifs is 1. The Bertz CT molecular complexity index is 1150. The van der Waals surface area contributed by atoms with Crippen molar-refractivity contribution in [2.24, 2.45) is 5.73 Å².